The standard InChI is InChI=1S/2C22H17N7O4/c30-20(24-11-13-3-4-18-15(8-13)28-22(32)33-18)16-9-17(29-19(27-16)5-7-26-29)21(31)25-12-14-2-1-6-23-10-14;30-20(24-11-13-4-5-18-15(9-13)28-22(32)33-18)16-10-17(29-19(27-16)6-8-26-29)21(31)25-12-14-3-1-2-7-23-14/h2*1-10H,11-12H2,(H,24,30)(H,25,31)(H,28,32). The van der Waals surface area contributed by atoms with E-state index < -0.39 is 35.1 Å². The van der Waals surface area contributed by atoms with E-state index in [1.54, 1.807) is 85.3 Å². The van der Waals surface area contributed by atoms with Crippen molar-refractivity contribution in [3.8, 4) is 0 Å². The molecule has 22 nitrogen and oxygen atoms in total. The molecule has 0 saturated carbocycles. The summed E-state index contributed by atoms with van der Waals surface area (Å²) in [7, 11) is 0. The summed E-state index contributed by atoms with van der Waals surface area (Å²) in [6.07, 6.45) is 7.96. The van der Waals surface area contributed by atoms with Crippen molar-refractivity contribution in [2.45, 2.75) is 26.2 Å². The van der Waals surface area contributed by atoms with E-state index in [9.17, 15) is 28.8 Å². The number of hydrogen-bond donors (Lipinski definition) is 6. The molecule has 22 heteroatoms. The molecule has 2 aromatic carbocycles. The van der Waals surface area contributed by atoms with Gasteiger partial charge < -0.3 is 30.1 Å². The number of fused-ring (bicyclic) bond motifs is 4. The van der Waals surface area contributed by atoms with Crippen LogP contribution in [0.5, 0.6) is 0 Å². The van der Waals surface area contributed by atoms with Crippen molar-refractivity contribution in [1.29, 1.82) is 0 Å². The third-order valence-corrected chi connectivity index (χ3v) is 9.85. The summed E-state index contributed by atoms with van der Waals surface area (Å²) in [5.41, 5.74) is 6.23. The van der Waals surface area contributed by atoms with Crippen molar-refractivity contribution >= 4 is 57.1 Å². The van der Waals surface area contributed by atoms with Crippen LogP contribution in [-0.4, -0.2) is 72.8 Å². The van der Waals surface area contributed by atoms with Gasteiger partial charge >= 0.3 is 11.5 Å². The second-order valence-electron chi connectivity index (χ2n) is 14.4. The molecule has 0 aliphatic carbocycles. The number of nitrogens with zero attached hydrogens (tertiary/aromatic N) is 8. The quantitative estimate of drug-likeness (QED) is 0.103. The number of aromatic amines is 2. The van der Waals surface area contributed by atoms with Crippen LogP contribution in [0.25, 0.3) is 33.5 Å². The minimum atomic E-state index is -0.543. The van der Waals surface area contributed by atoms with E-state index in [0.29, 0.717) is 39.2 Å². The van der Waals surface area contributed by atoms with Crippen LogP contribution in [0.1, 0.15) is 64.3 Å². The molecule has 6 N–H and O–H groups in total. The van der Waals surface area contributed by atoms with E-state index in [1.165, 1.54) is 33.6 Å². The van der Waals surface area contributed by atoms with E-state index in [1.807, 2.05) is 12.1 Å². The Kier molecular flexibility index (Phi) is 11.6. The summed E-state index contributed by atoms with van der Waals surface area (Å²) in [6, 6.07) is 25.2. The summed E-state index contributed by atoms with van der Waals surface area (Å²) >= 11 is 0. The predicted molar refractivity (Wildman–Crippen MR) is 233 cm³/mol. The van der Waals surface area contributed by atoms with E-state index in [-0.39, 0.29) is 49.0 Å². The monoisotopic (exact) mass is 886 g/mol. The molecule has 328 valence electrons. The second kappa shape index (κ2) is 18.4. The van der Waals surface area contributed by atoms with Crippen molar-refractivity contribution in [2.24, 2.45) is 0 Å². The zero-order valence-electron chi connectivity index (χ0n) is 34.2. The van der Waals surface area contributed by atoms with Gasteiger partial charge in [-0.1, -0.05) is 24.3 Å². The number of nitrogens with one attached hydrogen (secondary N) is 6. The first-order valence-corrected chi connectivity index (χ1v) is 20.0. The summed E-state index contributed by atoms with van der Waals surface area (Å²) in [4.78, 5) is 95.8. The number of oxazole rings is 2. The molecule has 0 atom stereocenters. The van der Waals surface area contributed by atoms with Gasteiger partial charge in [0.15, 0.2) is 22.5 Å². The van der Waals surface area contributed by atoms with Gasteiger partial charge in [-0.3, -0.25) is 39.1 Å². The highest BCUT2D eigenvalue weighted by Crippen LogP contribution is 2.15. The summed E-state index contributed by atoms with van der Waals surface area (Å²) in [6.45, 7) is 0.884. The highest BCUT2D eigenvalue weighted by Gasteiger charge is 2.20. The maximum atomic E-state index is 12.8. The van der Waals surface area contributed by atoms with Crippen molar-refractivity contribution < 1.29 is 28.0 Å². The molecule has 0 unspecified atom stereocenters. The van der Waals surface area contributed by atoms with Gasteiger partial charge in [0, 0.05) is 62.5 Å². The van der Waals surface area contributed by atoms with E-state index in [0.717, 1.165) is 16.7 Å². The smallest absolute Gasteiger partial charge is 0.408 e. The fraction of sp³-hybridized carbons (Fsp3) is 0.0909. The van der Waals surface area contributed by atoms with Crippen LogP contribution in [0.4, 0.5) is 0 Å². The minimum Gasteiger partial charge on any atom is -0.408 e. The Labute approximate surface area is 369 Å². The lowest BCUT2D eigenvalue weighted by Crippen LogP contribution is -2.28. The number of carbonyl (C=O) groups excluding carboxylic acids is 4. The van der Waals surface area contributed by atoms with Crippen LogP contribution >= 0.6 is 0 Å². The van der Waals surface area contributed by atoms with Gasteiger partial charge in [0.25, 0.3) is 23.6 Å². The molecule has 8 aromatic heterocycles. The van der Waals surface area contributed by atoms with Gasteiger partial charge in [0.05, 0.1) is 35.7 Å². The molecule has 10 aromatic rings. The number of aromatic nitrogens is 10. The van der Waals surface area contributed by atoms with Crippen LogP contribution < -0.4 is 32.8 Å². The van der Waals surface area contributed by atoms with Crippen LogP contribution in [0.2, 0.25) is 0 Å². The third-order valence-electron chi connectivity index (χ3n) is 9.85. The number of benzene rings is 2. The molecule has 10 rings (SSSR count). The lowest BCUT2D eigenvalue weighted by molar-refractivity contribution is 0.0927. The minimum absolute atomic E-state index is 0.0729. The van der Waals surface area contributed by atoms with Crippen molar-refractivity contribution in [3.63, 3.8) is 0 Å². The van der Waals surface area contributed by atoms with Crippen LogP contribution in [0.3, 0.4) is 0 Å². The lowest BCUT2D eigenvalue weighted by atomic mass is 10.2. The topological polar surface area (TPSA) is 295 Å². The predicted octanol–water partition coefficient (Wildman–Crippen LogP) is 2.84. The first kappa shape index (κ1) is 41.7. The van der Waals surface area contributed by atoms with Gasteiger partial charge in [0.1, 0.15) is 22.8 Å². The molecule has 4 amide bonds. The number of rotatable bonds is 12. The fourth-order valence-corrected chi connectivity index (χ4v) is 6.69. The van der Waals surface area contributed by atoms with Crippen molar-refractivity contribution in [1.82, 2.24) is 70.4 Å². The largest absolute Gasteiger partial charge is 0.417 e. The molecule has 0 aliphatic heterocycles. The number of carbonyl (C=O) groups is 4. The SMILES string of the molecule is O=C(NCc1ccc2oc(=O)[nH]c2c1)c1cc(C(=O)NCc2ccccn2)n2nccc2n1.O=C(NCc1ccc2oc(=O)[nH]c2c1)c1cc(C(=O)NCc2cccnc2)n2nccc2n1. The molecule has 0 bridgehead atoms. The molecule has 0 saturated heterocycles. The number of pyridine rings is 2. The Morgan fingerprint density at radius 1 is 0.530 bits per heavy atom. The average molecular weight is 887 g/mol. The molecule has 66 heavy (non-hydrogen) atoms. The highest BCUT2D eigenvalue weighted by atomic mass is 16.4. The maximum absolute atomic E-state index is 12.8. The maximum Gasteiger partial charge on any atom is 0.417 e. The molecule has 0 spiro atoms. The first-order chi connectivity index (χ1) is 32.1. The summed E-state index contributed by atoms with van der Waals surface area (Å²) in [5.74, 6) is -2.82. The lowest BCUT2D eigenvalue weighted by Gasteiger charge is -2.10. The Morgan fingerprint density at radius 3 is 1.58 bits per heavy atom. The van der Waals surface area contributed by atoms with Gasteiger partial charge in [-0.15, -0.1) is 0 Å². The molecular formula is C44H34N14O8. The molecular weight excluding hydrogens is 853 g/mol. The Morgan fingerprint density at radius 2 is 1.06 bits per heavy atom. The third kappa shape index (κ3) is 9.41. The Bertz CT molecular complexity index is 3300. The molecule has 0 radical (unpaired) electrons. The van der Waals surface area contributed by atoms with E-state index in [2.05, 4.69) is 61.4 Å². The number of hydrogen-bond acceptors (Lipinski definition) is 14. The van der Waals surface area contributed by atoms with Gasteiger partial charge in [-0.2, -0.15) is 10.2 Å². The van der Waals surface area contributed by atoms with Gasteiger partial charge in [0.2, 0.25) is 0 Å². The zero-order chi connectivity index (χ0) is 45.6. The summed E-state index contributed by atoms with van der Waals surface area (Å²) < 4.78 is 12.7. The first-order valence-electron chi connectivity index (χ1n) is 20.0. The average Bonchev–Trinajstić information content (AvgIpc) is 4.17. The Hall–Kier alpha value is -9.60. The number of amides is 4. The van der Waals surface area contributed by atoms with E-state index in [4.69, 9.17) is 8.83 Å². The van der Waals surface area contributed by atoms with Crippen molar-refractivity contribution in [2.75, 3.05) is 0 Å². The van der Waals surface area contributed by atoms with Crippen LogP contribution in [0.15, 0.2) is 140 Å². The van der Waals surface area contributed by atoms with Crippen LogP contribution in [-0.2, 0) is 26.2 Å². The molecule has 8 heterocycles. The molecule has 0 aliphatic rings. The summed E-state index contributed by atoms with van der Waals surface area (Å²) in [5, 5.41) is 19.4. The number of H-pyrrole nitrogens is 2. The van der Waals surface area contributed by atoms with Crippen molar-refractivity contribution in [3.05, 3.63) is 188 Å². The highest BCUT2D eigenvalue weighted by molar-refractivity contribution is 5.99. The van der Waals surface area contributed by atoms with Crippen LogP contribution in [0, 0.1) is 0 Å². The van der Waals surface area contributed by atoms with Gasteiger partial charge in [-0.25, -0.2) is 28.6 Å². The van der Waals surface area contributed by atoms with Gasteiger partial charge in [-0.05, 0) is 59.2 Å². The Balaban J connectivity index is 0.000000166. The normalized spacial score (nSPS) is 11.0. The zero-order valence-corrected chi connectivity index (χ0v) is 34.2. The van der Waals surface area contributed by atoms with E-state index >= 15 is 0 Å². The second-order valence-corrected chi connectivity index (χ2v) is 14.4. The molecule has 0 fully saturated rings. The fourth-order valence-electron chi connectivity index (χ4n) is 6.69.